The third kappa shape index (κ3) is 3.66. The van der Waals surface area contributed by atoms with Crippen molar-refractivity contribution in [1.29, 1.82) is 0 Å². The summed E-state index contributed by atoms with van der Waals surface area (Å²) in [6.45, 7) is 8.40. The van der Waals surface area contributed by atoms with E-state index in [9.17, 15) is 14.4 Å². The lowest BCUT2D eigenvalue weighted by Gasteiger charge is -2.21. The molecule has 1 unspecified atom stereocenters. The first kappa shape index (κ1) is 15.4. The average molecular weight is 271 g/mol. The van der Waals surface area contributed by atoms with Gasteiger partial charge in [-0.05, 0) is 34.1 Å². The molecule has 0 radical (unpaired) electrons. The number of imide groups is 1. The van der Waals surface area contributed by atoms with E-state index in [0.717, 1.165) is 4.90 Å². The fourth-order valence-corrected chi connectivity index (χ4v) is 1.52. The van der Waals surface area contributed by atoms with Crippen molar-refractivity contribution in [3.05, 3.63) is 0 Å². The number of nitrogens with zero attached hydrogens (tertiary/aromatic N) is 1. The van der Waals surface area contributed by atoms with E-state index in [2.05, 4.69) is 10.8 Å². The minimum absolute atomic E-state index is 0.351. The van der Waals surface area contributed by atoms with E-state index in [1.807, 2.05) is 0 Å². The van der Waals surface area contributed by atoms with Crippen molar-refractivity contribution in [3.8, 4) is 0 Å². The Labute approximate surface area is 112 Å². The number of rotatable bonds is 4. The minimum atomic E-state index is -0.928. The van der Waals surface area contributed by atoms with E-state index in [1.165, 1.54) is 0 Å². The van der Waals surface area contributed by atoms with Crippen LogP contribution in [0, 0.1) is 0 Å². The SMILES string of the molecule is CCC1(C)NC(=O)N(CC(=O)NOC(C)(C)C)C1=O. The van der Waals surface area contributed by atoms with Gasteiger partial charge in [-0.15, -0.1) is 0 Å². The van der Waals surface area contributed by atoms with Crippen molar-refractivity contribution in [2.75, 3.05) is 6.54 Å². The first-order valence-electron chi connectivity index (χ1n) is 6.20. The Balaban J connectivity index is 2.60. The summed E-state index contributed by atoms with van der Waals surface area (Å²) in [5.41, 5.74) is 0.758. The van der Waals surface area contributed by atoms with Gasteiger partial charge >= 0.3 is 6.03 Å². The van der Waals surface area contributed by atoms with Gasteiger partial charge in [0.25, 0.3) is 11.8 Å². The molecule has 7 nitrogen and oxygen atoms in total. The van der Waals surface area contributed by atoms with Crippen LogP contribution >= 0.6 is 0 Å². The number of nitrogens with one attached hydrogen (secondary N) is 2. The quantitative estimate of drug-likeness (QED) is 0.577. The monoisotopic (exact) mass is 271 g/mol. The van der Waals surface area contributed by atoms with E-state index >= 15 is 0 Å². The first-order chi connectivity index (χ1) is 8.59. The van der Waals surface area contributed by atoms with E-state index in [0.29, 0.717) is 6.42 Å². The Kier molecular flexibility index (Phi) is 4.19. The van der Waals surface area contributed by atoms with Crippen LogP contribution < -0.4 is 10.8 Å². The molecule has 4 amide bonds. The molecule has 0 saturated carbocycles. The molecule has 1 aliphatic rings. The second-order valence-electron chi connectivity index (χ2n) is 5.75. The number of urea groups is 1. The Hall–Kier alpha value is -1.63. The number of hydrogen-bond donors (Lipinski definition) is 2. The largest absolute Gasteiger partial charge is 0.325 e. The molecular formula is C12H21N3O4. The number of hydrogen-bond acceptors (Lipinski definition) is 4. The van der Waals surface area contributed by atoms with Crippen LogP contribution in [0.5, 0.6) is 0 Å². The molecule has 0 aromatic rings. The van der Waals surface area contributed by atoms with E-state index < -0.39 is 29.0 Å². The number of hydroxylamine groups is 1. The molecular weight excluding hydrogens is 250 g/mol. The summed E-state index contributed by atoms with van der Waals surface area (Å²) in [6.07, 6.45) is 0.466. The van der Waals surface area contributed by atoms with Gasteiger partial charge in [-0.25, -0.2) is 10.3 Å². The molecule has 108 valence electrons. The first-order valence-corrected chi connectivity index (χ1v) is 6.20. The summed E-state index contributed by atoms with van der Waals surface area (Å²) in [4.78, 5) is 41.3. The number of carbonyl (C=O) groups is 3. The molecule has 19 heavy (non-hydrogen) atoms. The van der Waals surface area contributed by atoms with Crippen molar-refractivity contribution in [3.63, 3.8) is 0 Å². The van der Waals surface area contributed by atoms with Crippen molar-refractivity contribution < 1.29 is 19.2 Å². The minimum Gasteiger partial charge on any atom is -0.323 e. The summed E-state index contributed by atoms with van der Waals surface area (Å²) >= 11 is 0. The van der Waals surface area contributed by atoms with Gasteiger partial charge in [-0.2, -0.15) is 0 Å². The second kappa shape index (κ2) is 5.16. The number of carbonyl (C=O) groups excluding carboxylic acids is 3. The van der Waals surface area contributed by atoms with Crippen molar-refractivity contribution in [2.45, 2.75) is 52.2 Å². The molecule has 0 aliphatic carbocycles. The Morgan fingerprint density at radius 3 is 2.42 bits per heavy atom. The smallest absolute Gasteiger partial charge is 0.323 e. The highest BCUT2D eigenvalue weighted by Crippen LogP contribution is 2.20. The standard InChI is InChI=1S/C12H21N3O4/c1-6-12(5)9(17)15(10(18)13-12)7-8(16)14-19-11(2,3)4/h6-7H2,1-5H3,(H,13,18)(H,14,16). The van der Waals surface area contributed by atoms with Gasteiger partial charge in [0.2, 0.25) is 0 Å². The van der Waals surface area contributed by atoms with Gasteiger partial charge in [0.05, 0.1) is 5.60 Å². The molecule has 0 aromatic carbocycles. The lowest BCUT2D eigenvalue weighted by Crippen LogP contribution is -2.45. The number of amides is 4. The van der Waals surface area contributed by atoms with Crippen molar-refractivity contribution in [1.82, 2.24) is 15.7 Å². The Morgan fingerprint density at radius 1 is 1.42 bits per heavy atom. The maximum Gasteiger partial charge on any atom is 0.325 e. The topological polar surface area (TPSA) is 87.7 Å². The highest BCUT2D eigenvalue weighted by atomic mass is 16.7. The predicted octanol–water partition coefficient (Wildman–Crippen LogP) is 0.553. The summed E-state index contributed by atoms with van der Waals surface area (Å²) in [7, 11) is 0. The van der Waals surface area contributed by atoms with Crippen LogP contribution in [0.2, 0.25) is 0 Å². The zero-order chi connectivity index (χ0) is 14.8. The zero-order valence-electron chi connectivity index (χ0n) is 12.0. The lowest BCUT2D eigenvalue weighted by atomic mass is 9.99. The summed E-state index contributed by atoms with van der Waals surface area (Å²) < 4.78 is 0. The second-order valence-corrected chi connectivity index (χ2v) is 5.75. The van der Waals surface area contributed by atoms with Gasteiger partial charge in [0, 0.05) is 0 Å². The highest BCUT2D eigenvalue weighted by molar-refractivity contribution is 6.08. The van der Waals surface area contributed by atoms with E-state index in [1.54, 1.807) is 34.6 Å². The maximum absolute atomic E-state index is 12.0. The molecule has 1 saturated heterocycles. The van der Waals surface area contributed by atoms with Crippen LogP contribution in [0.1, 0.15) is 41.0 Å². The zero-order valence-corrected chi connectivity index (χ0v) is 12.0. The van der Waals surface area contributed by atoms with Gasteiger partial charge < -0.3 is 5.32 Å². The molecule has 0 bridgehead atoms. The van der Waals surface area contributed by atoms with Crippen LogP contribution in [0.4, 0.5) is 4.79 Å². The average Bonchev–Trinajstić information content (AvgIpc) is 2.50. The third-order valence-corrected chi connectivity index (χ3v) is 2.83. The van der Waals surface area contributed by atoms with Crippen LogP contribution in [-0.4, -0.2) is 40.4 Å². The van der Waals surface area contributed by atoms with E-state index in [4.69, 9.17) is 4.84 Å². The van der Waals surface area contributed by atoms with Crippen molar-refractivity contribution >= 4 is 17.8 Å². The molecule has 1 aliphatic heterocycles. The van der Waals surface area contributed by atoms with Gasteiger partial charge in [-0.1, -0.05) is 6.92 Å². The van der Waals surface area contributed by atoms with Crippen LogP contribution in [0.3, 0.4) is 0 Å². The summed E-state index contributed by atoms with van der Waals surface area (Å²) in [5.74, 6) is -0.940. The molecule has 0 spiro atoms. The Morgan fingerprint density at radius 2 is 2.00 bits per heavy atom. The van der Waals surface area contributed by atoms with Gasteiger partial charge in [0.1, 0.15) is 12.1 Å². The van der Waals surface area contributed by atoms with Crippen molar-refractivity contribution in [2.24, 2.45) is 0 Å². The fraction of sp³-hybridized carbons (Fsp3) is 0.750. The molecule has 1 rings (SSSR count). The van der Waals surface area contributed by atoms with Gasteiger partial charge in [0.15, 0.2) is 0 Å². The normalized spacial score (nSPS) is 23.5. The fourth-order valence-electron chi connectivity index (χ4n) is 1.52. The van der Waals surface area contributed by atoms with Crippen LogP contribution in [0.15, 0.2) is 0 Å². The van der Waals surface area contributed by atoms with Crippen LogP contribution in [0.25, 0.3) is 0 Å². The molecule has 1 atom stereocenters. The maximum atomic E-state index is 12.0. The molecule has 1 fully saturated rings. The molecule has 1 heterocycles. The van der Waals surface area contributed by atoms with E-state index in [-0.39, 0.29) is 6.54 Å². The molecule has 2 N–H and O–H groups in total. The van der Waals surface area contributed by atoms with Crippen LogP contribution in [-0.2, 0) is 14.4 Å². The molecule has 0 aromatic heterocycles. The predicted molar refractivity (Wildman–Crippen MR) is 67.9 cm³/mol. The Bertz CT molecular complexity index is 402. The molecule has 7 heteroatoms. The third-order valence-electron chi connectivity index (χ3n) is 2.83. The summed E-state index contributed by atoms with van der Waals surface area (Å²) in [5, 5.41) is 2.57. The highest BCUT2D eigenvalue weighted by Gasteiger charge is 2.47. The summed E-state index contributed by atoms with van der Waals surface area (Å²) in [6, 6.07) is -0.555. The lowest BCUT2D eigenvalue weighted by molar-refractivity contribution is -0.148. The van der Waals surface area contributed by atoms with Gasteiger partial charge in [-0.3, -0.25) is 19.3 Å².